The molecule has 1 aromatic rings. The maximum atomic E-state index is 13.6. The lowest BCUT2D eigenvalue weighted by molar-refractivity contribution is -0.289. The lowest BCUT2D eigenvalue weighted by Crippen LogP contribution is -2.77. The Bertz CT molecular complexity index is 1370. The summed E-state index contributed by atoms with van der Waals surface area (Å²) >= 11 is 0. The molecule has 0 aromatic heterocycles. The molecule has 252 valence electrons. The molecule has 1 saturated heterocycles. The summed E-state index contributed by atoms with van der Waals surface area (Å²) in [5.41, 5.74) is -2.45. The van der Waals surface area contributed by atoms with Gasteiger partial charge in [-0.2, -0.15) is 0 Å². The van der Waals surface area contributed by atoms with E-state index in [9.17, 15) is 14.7 Å². The van der Waals surface area contributed by atoms with Crippen molar-refractivity contribution < 1.29 is 43.1 Å². The zero-order chi connectivity index (χ0) is 32.6. The maximum absolute atomic E-state index is 13.6. The zero-order valence-corrected chi connectivity index (χ0v) is 27.8. The van der Waals surface area contributed by atoms with E-state index < -0.39 is 46.7 Å². The standard InChI is InChI=1S/C36H49NO9/c1-7-37-19-33(20-41-3)16-15-24(42-4)36-23-17-34(40)25(43-5)18-35(46-21(2)38,28(31(36)37)29(44-6)30(33)36)27(23)32(34)45-26(39)14-13-22-11-9-8-10-12-22/h8-14,23-25,27-32,40H,7,15-20H2,1-6H3/b14-13+/t23-,24+,25+,27-,28+,29+,30-,31-,32-,33+,34+,35-,36+/m1/s1. The number of methoxy groups -OCH3 is 4. The Hall–Kier alpha value is -2.34. The van der Waals surface area contributed by atoms with Crippen molar-refractivity contribution in [3.8, 4) is 0 Å². The van der Waals surface area contributed by atoms with E-state index in [-0.39, 0.29) is 47.8 Å². The highest BCUT2D eigenvalue weighted by Gasteiger charge is 2.89. The number of nitrogens with zero attached hydrogens (tertiary/aromatic N) is 1. The van der Waals surface area contributed by atoms with Crippen molar-refractivity contribution in [2.45, 2.75) is 81.2 Å². The van der Waals surface area contributed by atoms with Crippen LogP contribution in [0.5, 0.6) is 0 Å². The summed E-state index contributed by atoms with van der Waals surface area (Å²) in [6, 6.07) is 9.49. The Morgan fingerprint density at radius 1 is 1.02 bits per heavy atom. The Balaban J connectivity index is 1.43. The summed E-state index contributed by atoms with van der Waals surface area (Å²) in [6.07, 6.45) is 3.36. The van der Waals surface area contributed by atoms with Gasteiger partial charge in [-0.05, 0) is 43.4 Å². The number of esters is 2. The van der Waals surface area contributed by atoms with E-state index in [0.29, 0.717) is 13.0 Å². The van der Waals surface area contributed by atoms with Gasteiger partial charge in [0.05, 0.1) is 24.9 Å². The summed E-state index contributed by atoms with van der Waals surface area (Å²) in [7, 11) is 6.89. The van der Waals surface area contributed by atoms with Crippen LogP contribution in [-0.4, -0.2) is 112 Å². The maximum Gasteiger partial charge on any atom is 0.331 e. The predicted octanol–water partition coefficient (Wildman–Crippen LogP) is 3.11. The highest BCUT2D eigenvalue weighted by Crippen LogP contribution is 2.80. The second-order valence-electron chi connectivity index (χ2n) is 14.7. The van der Waals surface area contributed by atoms with Crippen LogP contribution in [0.15, 0.2) is 36.4 Å². The van der Waals surface area contributed by atoms with Crippen LogP contribution >= 0.6 is 0 Å². The van der Waals surface area contributed by atoms with E-state index >= 15 is 0 Å². The van der Waals surface area contributed by atoms with Crippen LogP contribution in [0.2, 0.25) is 0 Å². The molecule has 6 aliphatic rings. The number of hydrogen-bond acceptors (Lipinski definition) is 10. The molecule has 1 aromatic carbocycles. The molecule has 10 nitrogen and oxygen atoms in total. The largest absolute Gasteiger partial charge is 0.458 e. The molecule has 7 bridgehead atoms. The molecule has 10 heteroatoms. The van der Waals surface area contributed by atoms with E-state index in [1.54, 1.807) is 34.5 Å². The first-order valence-electron chi connectivity index (χ1n) is 16.8. The molecule has 0 amide bonds. The van der Waals surface area contributed by atoms with E-state index in [4.69, 9.17) is 28.4 Å². The summed E-state index contributed by atoms with van der Waals surface area (Å²) in [4.78, 5) is 29.4. The third-order valence-corrected chi connectivity index (χ3v) is 13.2. The van der Waals surface area contributed by atoms with E-state index in [0.717, 1.165) is 31.5 Å². The summed E-state index contributed by atoms with van der Waals surface area (Å²) in [5, 5.41) is 12.8. The van der Waals surface area contributed by atoms with Gasteiger partial charge in [0.25, 0.3) is 0 Å². The van der Waals surface area contributed by atoms with E-state index in [1.807, 2.05) is 30.3 Å². The molecule has 0 radical (unpaired) electrons. The number of fused-ring (bicyclic) bond motifs is 2. The normalized spacial score (nSPS) is 46.8. The van der Waals surface area contributed by atoms with Crippen LogP contribution in [0, 0.1) is 34.5 Å². The molecule has 46 heavy (non-hydrogen) atoms. The molecule has 13 atom stereocenters. The Kier molecular flexibility index (Phi) is 7.97. The fraction of sp³-hybridized carbons (Fsp3) is 0.722. The summed E-state index contributed by atoms with van der Waals surface area (Å²) < 4.78 is 38.2. The van der Waals surface area contributed by atoms with E-state index in [2.05, 4.69) is 11.8 Å². The van der Waals surface area contributed by atoms with Crippen LogP contribution in [0.25, 0.3) is 6.08 Å². The molecule has 1 aliphatic heterocycles. The van der Waals surface area contributed by atoms with Crippen molar-refractivity contribution in [3.05, 3.63) is 42.0 Å². The van der Waals surface area contributed by atoms with Gasteiger partial charge < -0.3 is 33.5 Å². The lowest BCUT2D eigenvalue weighted by Gasteiger charge is -2.69. The minimum absolute atomic E-state index is 0.0159. The Morgan fingerprint density at radius 3 is 2.39 bits per heavy atom. The number of aliphatic hydroxyl groups is 1. The van der Waals surface area contributed by atoms with Gasteiger partial charge in [0, 0.05) is 89.0 Å². The zero-order valence-electron chi connectivity index (χ0n) is 27.8. The lowest BCUT2D eigenvalue weighted by atomic mass is 9.43. The van der Waals surface area contributed by atoms with Gasteiger partial charge in [0.1, 0.15) is 17.3 Å². The fourth-order valence-electron chi connectivity index (χ4n) is 12.4. The number of piperidine rings is 1. The van der Waals surface area contributed by atoms with Gasteiger partial charge in [0.15, 0.2) is 0 Å². The second-order valence-corrected chi connectivity index (χ2v) is 14.7. The number of rotatable bonds is 10. The monoisotopic (exact) mass is 639 g/mol. The van der Waals surface area contributed by atoms with Crippen molar-refractivity contribution in [2.24, 2.45) is 34.5 Å². The van der Waals surface area contributed by atoms with Crippen molar-refractivity contribution in [2.75, 3.05) is 48.1 Å². The molecule has 7 rings (SSSR count). The molecular formula is C36H49NO9. The topological polar surface area (TPSA) is 113 Å². The van der Waals surface area contributed by atoms with Gasteiger partial charge >= 0.3 is 11.9 Å². The van der Waals surface area contributed by atoms with Crippen LogP contribution in [-0.2, 0) is 38.0 Å². The molecule has 1 N–H and O–H groups in total. The fourth-order valence-corrected chi connectivity index (χ4v) is 12.4. The third-order valence-electron chi connectivity index (χ3n) is 13.2. The number of likely N-dealkylation sites (tertiary alicyclic amines) is 1. The average molecular weight is 640 g/mol. The first kappa shape index (κ1) is 32.2. The third kappa shape index (κ3) is 4.03. The number of ether oxygens (including phenoxy) is 6. The van der Waals surface area contributed by atoms with Crippen molar-refractivity contribution in [1.82, 2.24) is 4.90 Å². The highest BCUT2D eigenvalue weighted by molar-refractivity contribution is 5.87. The second kappa shape index (κ2) is 11.4. The smallest absolute Gasteiger partial charge is 0.331 e. The summed E-state index contributed by atoms with van der Waals surface area (Å²) in [5.74, 6) is -1.93. The van der Waals surface area contributed by atoms with Gasteiger partial charge in [-0.3, -0.25) is 9.69 Å². The minimum atomic E-state index is -1.49. The van der Waals surface area contributed by atoms with Gasteiger partial charge in [-0.25, -0.2) is 4.79 Å². The quantitative estimate of drug-likeness (QED) is 0.303. The van der Waals surface area contributed by atoms with Crippen LogP contribution in [0.3, 0.4) is 0 Å². The van der Waals surface area contributed by atoms with Gasteiger partial charge in [-0.1, -0.05) is 37.3 Å². The highest BCUT2D eigenvalue weighted by atomic mass is 16.6. The Labute approximate surface area is 271 Å². The number of carbonyl (C=O) groups is 2. The number of hydrogen-bond donors (Lipinski definition) is 1. The minimum Gasteiger partial charge on any atom is -0.458 e. The van der Waals surface area contributed by atoms with Crippen molar-refractivity contribution in [3.63, 3.8) is 0 Å². The Morgan fingerprint density at radius 2 is 1.76 bits per heavy atom. The molecule has 6 fully saturated rings. The van der Waals surface area contributed by atoms with Crippen LogP contribution in [0.4, 0.5) is 0 Å². The van der Waals surface area contributed by atoms with Crippen molar-refractivity contribution in [1.29, 1.82) is 0 Å². The van der Waals surface area contributed by atoms with Crippen LogP contribution in [0.1, 0.15) is 45.1 Å². The van der Waals surface area contributed by atoms with Crippen molar-refractivity contribution >= 4 is 18.0 Å². The molecule has 0 unspecified atom stereocenters. The number of benzene rings is 1. The molecule has 5 aliphatic carbocycles. The number of carbonyl (C=O) groups excluding carboxylic acids is 2. The SMILES string of the molecule is CCN1C[C@]2(COC)CC[C@H](OC)[C@@]34[C@@H]5C[C@]6(O)[C@@H](OC)C[C@@](OC(C)=O)([C@H]5[C@H]6OC(=O)/C=C/c5ccccc5)[C@@H]([C@H](OC)[C@H]23)[C@@H]14. The van der Waals surface area contributed by atoms with Crippen LogP contribution < -0.4 is 0 Å². The van der Waals surface area contributed by atoms with Gasteiger partial charge in [-0.15, -0.1) is 0 Å². The molecule has 1 heterocycles. The summed E-state index contributed by atoms with van der Waals surface area (Å²) in [6.45, 7) is 5.83. The molecule has 1 spiro atoms. The average Bonchev–Trinajstić information content (AvgIpc) is 3.42. The predicted molar refractivity (Wildman–Crippen MR) is 167 cm³/mol. The first-order chi connectivity index (χ1) is 22.1. The van der Waals surface area contributed by atoms with Gasteiger partial charge in [0.2, 0.25) is 0 Å². The molecule has 5 saturated carbocycles. The molecular weight excluding hydrogens is 590 g/mol. The van der Waals surface area contributed by atoms with E-state index in [1.165, 1.54) is 13.0 Å². The first-order valence-corrected chi connectivity index (χ1v) is 16.8.